The zero-order chi connectivity index (χ0) is 21.0. The normalized spacial score (nSPS) is 11.7. The van der Waals surface area contributed by atoms with Gasteiger partial charge in [-0.25, -0.2) is 4.79 Å². The van der Waals surface area contributed by atoms with Crippen LogP contribution >= 0.6 is 11.6 Å². The average Bonchev–Trinajstić information content (AvgIpc) is 3.07. The standard InChI is InChI=1S/C22H19ClN2O4/c1-14-17-10-6-11-18(23)20(17)29-19(14)22(27)28-15(2)21(26)25(13-7-12-24)16-8-4-3-5-9-16/h3-6,8-11,15H,7,13H2,1-2H3. The molecule has 0 N–H and O–H groups in total. The Kier molecular flexibility index (Phi) is 6.20. The highest BCUT2D eigenvalue weighted by molar-refractivity contribution is 6.35. The number of carbonyl (C=O) groups is 2. The van der Waals surface area contributed by atoms with Crippen LogP contribution in [0.15, 0.2) is 52.9 Å². The Morgan fingerprint density at radius 3 is 2.59 bits per heavy atom. The van der Waals surface area contributed by atoms with Gasteiger partial charge in [-0.15, -0.1) is 0 Å². The van der Waals surface area contributed by atoms with Gasteiger partial charge in [-0.2, -0.15) is 5.26 Å². The Morgan fingerprint density at radius 1 is 1.21 bits per heavy atom. The van der Waals surface area contributed by atoms with E-state index in [0.29, 0.717) is 27.2 Å². The van der Waals surface area contributed by atoms with Crippen molar-refractivity contribution < 1.29 is 18.7 Å². The van der Waals surface area contributed by atoms with Crippen LogP contribution in [0.3, 0.4) is 0 Å². The summed E-state index contributed by atoms with van der Waals surface area (Å²) in [5.74, 6) is -1.16. The predicted molar refractivity (Wildman–Crippen MR) is 110 cm³/mol. The van der Waals surface area contributed by atoms with E-state index < -0.39 is 18.0 Å². The summed E-state index contributed by atoms with van der Waals surface area (Å²) in [5.41, 5.74) is 1.62. The highest BCUT2D eigenvalue weighted by Gasteiger charge is 2.28. The highest BCUT2D eigenvalue weighted by Crippen LogP contribution is 2.31. The van der Waals surface area contributed by atoms with Crippen LogP contribution in [0.4, 0.5) is 5.69 Å². The number of nitriles is 1. The summed E-state index contributed by atoms with van der Waals surface area (Å²) >= 11 is 6.13. The van der Waals surface area contributed by atoms with Gasteiger partial charge in [-0.3, -0.25) is 4.79 Å². The quantitative estimate of drug-likeness (QED) is 0.540. The van der Waals surface area contributed by atoms with E-state index in [1.54, 1.807) is 49.4 Å². The molecule has 0 bridgehead atoms. The molecule has 0 saturated carbocycles. The molecule has 3 aromatic rings. The second-order valence-corrected chi connectivity index (χ2v) is 6.86. The molecular weight excluding hydrogens is 392 g/mol. The van der Waals surface area contributed by atoms with E-state index in [0.717, 1.165) is 0 Å². The van der Waals surface area contributed by atoms with E-state index in [-0.39, 0.29) is 18.7 Å². The molecule has 1 amide bonds. The van der Waals surface area contributed by atoms with Crippen LogP contribution in [0.1, 0.15) is 29.5 Å². The fourth-order valence-corrected chi connectivity index (χ4v) is 3.24. The van der Waals surface area contributed by atoms with E-state index in [1.807, 2.05) is 12.1 Å². The number of nitrogens with zero attached hydrogens (tertiary/aromatic N) is 2. The monoisotopic (exact) mass is 410 g/mol. The van der Waals surface area contributed by atoms with Crippen molar-refractivity contribution in [2.45, 2.75) is 26.4 Å². The van der Waals surface area contributed by atoms with Crippen LogP contribution in [0.25, 0.3) is 11.0 Å². The van der Waals surface area contributed by atoms with Crippen molar-refractivity contribution >= 4 is 40.1 Å². The van der Waals surface area contributed by atoms with Gasteiger partial charge in [0.1, 0.15) is 0 Å². The molecule has 2 aromatic carbocycles. The molecule has 0 radical (unpaired) electrons. The Hall–Kier alpha value is -3.30. The molecule has 1 aromatic heterocycles. The molecule has 0 fully saturated rings. The Bertz CT molecular complexity index is 1090. The number of aryl methyl sites for hydroxylation is 1. The minimum atomic E-state index is -1.07. The molecule has 0 saturated heterocycles. The summed E-state index contributed by atoms with van der Waals surface area (Å²) in [7, 11) is 0. The minimum absolute atomic E-state index is 0.0102. The summed E-state index contributed by atoms with van der Waals surface area (Å²) < 4.78 is 11.0. The van der Waals surface area contributed by atoms with Crippen LogP contribution in [0.5, 0.6) is 0 Å². The number of fused-ring (bicyclic) bond motifs is 1. The van der Waals surface area contributed by atoms with Gasteiger partial charge in [-0.1, -0.05) is 41.9 Å². The predicted octanol–water partition coefficient (Wildman–Crippen LogP) is 4.89. The number of ether oxygens (including phenoxy) is 1. The van der Waals surface area contributed by atoms with Gasteiger partial charge in [0, 0.05) is 23.2 Å². The van der Waals surface area contributed by atoms with Crippen molar-refractivity contribution in [1.82, 2.24) is 0 Å². The van der Waals surface area contributed by atoms with Gasteiger partial charge in [0.2, 0.25) is 5.76 Å². The number of para-hydroxylation sites is 2. The van der Waals surface area contributed by atoms with Crippen molar-refractivity contribution in [1.29, 1.82) is 5.26 Å². The third-order valence-corrected chi connectivity index (χ3v) is 4.81. The zero-order valence-electron chi connectivity index (χ0n) is 16.0. The number of carbonyl (C=O) groups excluding carboxylic acids is 2. The number of halogens is 1. The van der Waals surface area contributed by atoms with Crippen molar-refractivity contribution in [3.8, 4) is 6.07 Å². The Labute approximate surface area is 173 Å². The molecule has 1 heterocycles. The van der Waals surface area contributed by atoms with E-state index in [9.17, 15) is 9.59 Å². The number of hydrogen-bond acceptors (Lipinski definition) is 5. The van der Waals surface area contributed by atoms with Crippen molar-refractivity contribution in [3.63, 3.8) is 0 Å². The lowest BCUT2D eigenvalue weighted by molar-refractivity contribution is -0.126. The lowest BCUT2D eigenvalue weighted by Gasteiger charge is -2.24. The molecule has 6 nitrogen and oxygen atoms in total. The first-order chi connectivity index (χ1) is 13.9. The molecular formula is C22H19ClN2O4. The fraction of sp³-hybridized carbons (Fsp3) is 0.227. The maximum atomic E-state index is 12.9. The number of benzene rings is 2. The van der Waals surface area contributed by atoms with Gasteiger partial charge in [0.25, 0.3) is 5.91 Å². The number of rotatable bonds is 6. The van der Waals surface area contributed by atoms with E-state index in [2.05, 4.69) is 0 Å². The lowest BCUT2D eigenvalue weighted by atomic mass is 10.1. The van der Waals surface area contributed by atoms with E-state index in [4.69, 9.17) is 26.0 Å². The number of furan rings is 1. The Balaban J connectivity index is 1.81. The molecule has 1 unspecified atom stereocenters. The number of anilines is 1. The van der Waals surface area contributed by atoms with Crippen LogP contribution < -0.4 is 4.90 Å². The minimum Gasteiger partial charge on any atom is -0.447 e. The molecule has 0 aliphatic carbocycles. The van der Waals surface area contributed by atoms with Crippen LogP contribution in [0, 0.1) is 18.3 Å². The number of esters is 1. The van der Waals surface area contributed by atoms with Gasteiger partial charge in [0.05, 0.1) is 17.5 Å². The maximum absolute atomic E-state index is 12.9. The average molecular weight is 411 g/mol. The first-order valence-corrected chi connectivity index (χ1v) is 9.43. The van der Waals surface area contributed by atoms with Gasteiger partial charge in [0.15, 0.2) is 11.7 Å². The van der Waals surface area contributed by atoms with E-state index >= 15 is 0 Å². The van der Waals surface area contributed by atoms with Crippen LogP contribution in [0.2, 0.25) is 5.02 Å². The maximum Gasteiger partial charge on any atom is 0.375 e. The summed E-state index contributed by atoms with van der Waals surface area (Å²) in [6.45, 7) is 3.42. The van der Waals surface area contributed by atoms with Gasteiger partial charge >= 0.3 is 5.97 Å². The van der Waals surface area contributed by atoms with Crippen molar-refractivity contribution in [3.05, 3.63) is 64.9 Å². The summed E-state index contributed by atoms with van der Waals surface area (Å²) in [6.07, 6.45) is -0.910. The smallest absolute Gasteiger partial charge is 0.375 e. The molecule has 0 spiro atoms. The first kappa shape index (κ1) is 20.4. The highest BCUT2D eigenvalue weighted by atomic mass is 35.5. The molecule has 29 heavy (non-hydrogen) atoms. The molecule has 3 rings (SSSR count). The molecule has 0 aliphatic heterocycles. The van der Waals surface area contributed by atoms with Gasteiger partial charge in [-0.05, 0) is 32.0 Å². The lowest BCUT2D eigenvalue weighted by Crippen LogP contribution is -2.40. The summed E-state index contributed by atoms with van der Waals surface area (Å²) in [4.78, 5) is 27.0. The third kappa shape index (κ3) is 4.25. The second kappa shape index (κ2) is 8.80. The molecule has 1 atom stereocenters. The Morgan fingerprint density at radius 2 is 1.93 bits per heavy atom. The largest absolute Gasteiger partial charge is 0.447 e. The summed E-state index contributed by atoms with van der Waals surface area (Å²) in [6, 6.07) is 16.2. The molecule has 7 heteroatoms. The van der Waals surface area contributed by atoms with Crippen molar-refractivity contribution in [2.75, 3.05) is 11.4 Å². The van der Waals surface area contributed by atoms with Crippen molar-refractivity contribution in [2.24, 2.45) is 0 Å². The van der Waals surface area contributed by atoms with E-state index in [1.165, 1.54) is 11.8 Å². The SMILES string of the molecule is Cc1c(C(=O)OC(C)C(=O)N(CCC#N)c2ccccc2)oc2c(Cl)cccc12. The third-order valence-electron chi connectivity index (χ3n) is 4.51. The number of amides is 1. The second-order valence-electron chi connectivity index (χ2n) is 6.45. The summed E-state index contributed by atoms with van der Waals surface area (Å²) in [5, 5.41) is 10.0. The molecule has 148 valence electrons. The van der Waals surface area contributed by atoms with Crippen LogP contribution in [-0.4, -0.2) is 24.5 Å². The first-order valence-electron chi connectivity index (χ1n) is 9.06. The molecule has 0 aliphatic rings. The van der Waals surface area contributed by atoms with Crippen LogP contribution in [-0.2, 0) is 9.53 Å². The topological polar surface area (TPSA) is 83.5 Å². The zero-order valence-corrected chi connectivity index (χ0v) is 16.8. The van der Waals surface area contributed by atoms with Gasteiger partial charge < -0.3 is 14.1 Å². The fourth-order valence-electron chi connectivity index (χ4n) is 3.02. The number of hydrogen-bond donors (Lipinski definition) is 0.